The first-order valence-electron chi connectivity index (χ1n) is 6.93. The minimum Gasteiger partial charge on any atom is -0.504 e. The number of allylic oxidation sites excluding steroid dienone is 1. The largest absolute Gasteiger partial charge is 0.504 e. The Bertz CT molecular complexity index is 878. The number of nitriles is 1. The van der Waals surface area contributed by atoms with E-state index in [1.165, 1.54) is 31.4 Å². The highest BCUT2D eigenvalue weighted by molar-refractivity contribution is 6.14. The molecule has 0 aromatic heterocycles. The standard InChI is InChI=1S/C18H15NO5/c1-10-5-11(7-16(24-2)17(10)22)6-13(9-19)18(23)12-3-4-14(20)15(21)8-12/h3-8,20-22H,1-2H3/b13-6+. The highest BCUT2D eigenvalue weighted by Gasteiger charge is 2.15. The van der Waals surface area contributed by atoms with E-state index in [-0.39, 0.29) is 28.4 Å². The molecule has 0 saturated heterocycles. The highest BCUT2D eigenvalue weighted by atomic mass is 16.5. The molecule has 0 unspecified atom stereocenters. The summed E-state index contributed by atoms with van der Waals surface area (Å²) in [6, 6.07) is 8.50. The van der Waals surface area contributed by atoms with Crippen LogP contribution in [0.1, 0.15) is 21.5 Å². The van der Waals surface area contributed by atoms with Crippen LogP contribution in [0.2, 0.25) is 0 Å². The van der Waals surface area contributed by atoms with Crippen LogP contribution in [0.15, 0.2) is 35.9 Å². The van der Waals surface area contributed by atoms with E-state index < -0.39 is 11.5 Å². The molecule has 0 bridgehead atoms. The molecule has 0 atom stereocenters. The topological polar surface area (TPSA) is 111 Å². The Balaban J connectivity index is 2.46. The van der Waals surface area contributed by atoms with Gasteiger partial charge in [0, 0.05) is 5.56 Å². The summed E-state index contributed by atoms with van der Waals surface area (Å²) >= 11 is 0. The monoisotopic (exact) mass is 325 g/mol. The number of aryl methyl sites for hydroxylation is 1. The first-order valence-corrected chi connectivity index (χ1v) is 6.93. The molecule has 24 heavy (non-hydrogen) atoms. The molecule has 0 saturated carbocycles. The first-order chi connectivity index (χ1) is 11.4. The number of phenolic OH excluding ortho intramolecular Hbond substituents is 3. The lowest BCUT2D eigenvalue weighted by atomic mass is 10.0. The van der Waals surface area contributed by atoms with E-state index in [0.29, 0.717) is 11.1 Å². The maximum atomic E-state index is 12.4. The molecule has 6 nitrogen and oxygen atoms in total. The quantitative estimate of drug-likeness (QED) is 0.345. The van der Waals surface area contributed by atoms with E-state index in [0.717, 1.165) is 6.07 Å². The molecule has 2 rings (SSSR count). The maximum absolute atomic E-state index is 12.4. The molecule has 0 radical (unpaired) electrons. The minimum absolute atomic E-state index is 0.0112. The molecule has 0 aliphatic carbocycles. The van der Waals surface area contributed by atoms with Crippen molar-refractivity contribution in [2.24, 2.45) is 0 Å². The van der Waals surface area contributed by atoms with Crippen LogP contribution in [0, 0.1) is 18.3 Å². The number of Topliss-reactive ketones (excluding diaryl/α,β-unsaturated/α-hetero) is 1. The van der Waals surface area contributed by atoms with Crippen LogP contribution in [0.5, 0.6) is 23.0 Å². The molecule has 3 N–H and O–H groups in total. The third-order valence-electron chi connectivity index (χ3n) is 3.42. The molecule has 0 spiro atoms. The van der Waals surface area contributed by atoms with Crippen LogP contribution in [0.4, 0.5) is 0 Å². The Labute approximate surface area is 138 Å². The van der Waals surface area contributed by atoms with Crippen molar-refractivity contribution in [1.29, 1.82) is 5.26 Å². The molecule has 0 aliphatic rings. The van der Waals surface area contributed by atoms with Crippen molar-refractivity contribution >= 4 is 11.9 Å². The fraction of sp³-hybridized carbons (Fsp3) is 0.111. The summed E-state index contributed by atoms with van der Waals surface area (Å²) in [7, 11) is 1.40. The second-order valence-corrected chi connectivity index (χ2v) is 5.09. The summed E-state index contributed by atoms with van der Waals surface area (Å²) < 4.78 is 5.05. The number of hydrogen-bond donors (Lipinski definition) is 3. The molecule has 2 aromatic rings. The lowest BCUT2D eigenvalue weighted by Crippen LogP contribution is -2.02. The number of methoxy groups -OCH3 is 1. The summed E-state index contributed by atoms with van der Waals surface area (Å²) in [5.41, 5.74) is 0.954. The number of nitrogens with zero attached hydrogens (tertiary/aromatic N) is 1. The third-order valence-corrected chi connectivity index (χ3v) is 3.42. The lowest BCUT2D eigenvalue weighted by molar-refractivity contribution is 0.103. The third kappa shape index (κ3) is 3.31. The Kier molecular flexibility index (Phi) is 4.76. The van der Waals surface area contributed by atoms with Gasteiger partial charge in [0.05, 0.1) is 7.11 Å². The van der Waals surface area contributed by atoms with E-state index in [4.69, 9.17) is 4.74 Å². The van der Waals surface area contributed by atoms with E-state index >= 15 is 0 Å². The van der Waals surface area contributed by atoms with Crippen molar-refractivity contribution in [2.75, 3.05) is 7.11 Å². The lowest BCUT2D eigenvalue weighted by Gasteiger charge is -2.08. The van der Waals surface area contributed by atoms with Gasteiger partial charge in [-0.15, -0.1) is 0 Å². The SMILES string of the molecule is COc1cc(/C=C(\C#N)C(=O)c2ccc(O)c(O)c2)cc(C)c1O. The van der Waals surface area contributed by atoms with Gasteiger partial charge in [0.15, 0.2) is 23.0 Å². The van der Waals surface area contributed by atoms with Crippen LogP contribution < -0.4 is 4.74 Å². The smallest absolute Gasteiger partial charge is 0.203 e. The van der Waals surface area contributed by atoms with Crippen LogP contribution in [-0.4, -0.2) is 28.2 Å². The van der Waals surface area contributed by atoms with Crippen LogP contribution in [-0.2, 0) is 0 Å². The summed E-state index contributed by atoms with van der Waals surface area (Å²) in [4.78, 5) is 12.4. The fourth-order valence-corrected chi connectivity index (χ4v) is 2.15. The summed E-state index contributed by atoms with van der Waals surface area (Å²) in [6.45, 7) is 1.67. The Hall–Kier alpha value is -3.46. The number of carbonyl (C=O) groups excluding carboxylic acids is 1. The van der Waals surface area contributed by atoms with E-state index in [2.05, 4.69) is 0 Å². The van der Waals surface area contributed by atoms with Crippen molar-refractivity contribution in [3.05, 3.63) is 52.6 Å². The number of phenols is 3. The summed E-state index contributed by atoms with van der Waals surface area (Å²) in [6.07, 6.45) is 1.36. The van der Waals surface area contributed by atoms with Crippen molar-refractivity contribution in [3.63, 3.8) is 0 Å². The zero-order chi connectivity index (χ0) is 17.9. The maximum Gasteiger partial charge on any atom is 0.203 e. The zero-order valence-electron chi connectivity index (χ0n) is 13.1. The van der Waals surface area contributed by atoms with Crippen LogP contribution in [0.25, 0.3) is 6.08 Å². The van der Waals surface area contributed by atoms with Gasteiger partial charge < -0.3 is 20.1 Å². The fourth-order valence-electron chi connectivity index (χ4n) is 2.15. The second-order valence-electron chi connectivity index (χ2n) is 5.09. The number of benzene rings is 2. The highest BCUT2D eigenvalue weighted by Crippen LogP contribution is 2.32. The number of hydrogen-bond acceptors (Lipinski definition) is 6. The van der Waals surface area contributed by atoms with Crippen molar-refractivity contribution in [2.45, 2.75) is 6.92 Å². The van der Waals surface area contributed by atoms with E-state index in [1.807, 2.05) is 6.07 Å². The van der Waals surface area contributed by atoms with Gasteiger partial charge in [0.1, 0.15) is 11.6 Å². The van der Waals surface area contributed by atoms with Gasteiger partial charge >= 0.3 is 0 Å². The molecule has 6 heteroatoms. The molecule has 0 aliphatic heterocycles. The predicted molar refractivity (Wildman–Crippen MR) is 87.1 cm³/mol. The Morgan fingerprint density at radius 1 is 1.17 bits per heavy atom. The number of rotatable bonds is 4. The predicted octanol–water partition coefficient (Wildman–Crippen LogP) is 2.91. The van der Waals surface area contributed by atoms with E-state index in [1.54, 1.807) is 13.0 Å². The van der Waals surface area contributed by atoms with Gasteiger partial charge in [-0.1, -0.05) is 0 Å². The first kappa shape index (κ1) is 16.9. The van der Waals surface area contributed by atoms with Gasteiger partial charge in [-0.3, -0.25) is 4.79 Å². The molecular weight excluding hydrogens is 310 g/mol. The van der Waals surface area contributed by atoms with Crippen LogP contribution >= 0.6 is 0 Å². The molecule has 2 aromatic carbocycles. The zero-order valence-corrected chi connectivity index (χ0v) is 13.1. The van der Waals surface area contributed by atoms with Crippen molar-refractivity contribution < 1.29 is 24.9 Å². The van der Waals surface area contributed by atoms with Gasteiger partial charge in [-0.05, 0) is 54.5 Å². The molecule has 122 valence electrons. The van der Waals surface area contributed by atoms with E-state index in [9.17, 15) is 25.4 Å². The van der Waals surface area contributed by atoms with Crippen molar-refractivity contribution in [3.8, 4) is 29.1 Å². The number of carbonyl (C=O) groups is 1. The van der Waals surface area contributed by atoms with Gasteiger partial charge in [0.2, 0.25) is 5.78 Å². The molecule has 0 heterocycles. The van der Waals surface area contributed by atoms with Gasteiger partial charge in [0.25, 0.3) is 0 Å². The van der Waals surface area contributed by atoms with Crippen LogP contribution in [0.3, 0.4) is 0 Å². The summed E-state index contributed by atoms with van der Waals surface area (Å²) in [5.74, 6) is -1.18. The van der Waals surface area contributed by atoms with Gasteiger partial charge in [-0.2, -0.15) is 5.26 Å². The molecular formula is C18H15NO5. The second kappa shape index (κ2) is 6.75. The minimum atomic E-state index is -0.600. The average Bonchev–Trinajstić information content (AvgIpc) is 2.57. The molecule has 0 fully saturated rings. The number of aromatic hydroxyl groups is 3. The van der Waals surface area contributed by atoms with Gasteiger partial charge in [-0.25, -0.2) is 0 Å². The summed E-state index contributed by atoms with van der Waals surface area (Å²) in [5, 5.41) is 37.9. The Morgan fingerprint density at radius 3 is 2.46 bits per heavy atom. The number of ether oxygens (including phenoxy) is 1. The number of ketones is 1. The van der Waals surface area contributed by atoms with Crippen molar-refractivity contribution in [1.82, 2.24) is 0 Å². The normalized spacial score (nSPS) is 11.0. The average molecular weight is 325 g/mol. The Morgan fingerprint density at radius 2 is 1.88 bits per heavy atom. The molecule has 0 amide bonds.